The first kappa shape index (κ1) is 15.3. The van der Waals surface area contributed by atoms with Crippen LogP contribution in [-0.4, -0.2) is 30.3 Å². The van der Waals surface area contributed by atoms with Crippen molar-refractivity contribution in [3.63, 3.8) is 0 Å². The first-order valence-corrected chi connectivity index (χ1v) is 6.75. The van der Waals surface area contributed by atoms with E-state index in [1.54, 1.807) is 7.11 Å². The number of rotatable bonds is 6. The minimum atomic E-state index is 0.149. The van der Waals surface area contributed by atoms with Gasteiger partial charge in [0.1, 0.15) is 17.4 Å². The molecule has 0 atom stereocenters. The highest BCUT2D eigenvalue weighted by Crippen LogP contribution is 2.31. The molecule has 0 unspecified atom stereocenters. The maximum atomic E-state index is 6.06. The molecule has 0 aliphatic carbocycles. The molecule has 0 bridgehead atoms. The Balaban J connectivity index is 2.25. The highest BCUT2D eigenvalue weighted by molar-refractivity contribution is 6.32. The van der Waals surface area contributed by atoms with Crippen molar-refractivity contribution in [2.24, 2.45) is 0 Å². The topological polar surface area (TPSA) is 82.3 Å². The lowest BCUT2D eigenvalue weighted by molar-refractivity contribution is 0.146. The summed E-state index contributed by atoms with van der Waals surface area (Å²) >= 11 is 6.06. The summed E-state index contributed by atoms with van der Waals surface area (Å²) in [5.41, 5.74) is 7.41. The van der Waals surface area contributed by atoms with Crippen molar-refractivity contribution < 1.29 is 9.47 Å². The molecule has 3 N–H and O–H groups in total. The Morgan fingerprint density at radius 1 is 1.33 bits per heavy atom. The summed E-state index contributed by atoms with van der Waals surface area (Å²) < 4.78 is 10.6. The summed E-state index contributed by atoms with van der Waals surface area (Å²) in [4.78, 5) is 7.91. The molecule has 1 aromatic carbocycles. The van der Waals surface area contributed by atoms with E-state index >= 15 is 0 Å². The zero-order valence-electron chi connectivity index (χ0n) is 11.9. The fourth-order valence-electron chi connectivity index (χ4n) is 1.70. The number of nitrogens with zero attached hydrogens (tertiary/aromatic N) is 2. The zero-order chi connectivity index (χ0) is 15.2. The van der Waals surface area contributed by atoms with Gasteiger partial charge in [0.15, 0.2) is 5.82 Å². The van der Waals surface area contributed by atoms with E-state index in [1.807, 2.05) is 25.1 Å². The van der Waals surface area contributed by atoms with Gasteiger partial charge in [-0.1, -0.05) is 17.7 Å². The highest BCUT2D eigenvalue weighted by Gasteiger charge is 2.09. The second-order valence-electron chi connectivity index (χ2n) is 4.39. The summed E-state index contributed by atoms with van der Waals surface area (Å²) in [5.74, 6) is 1.27. The number of hydrogen-bond donors (Lipinski definition) is 2. The van der Waals surface area contributed by atoms with E-state index in [9.17, 15) is 0 Å². The maximum absolute atomic E-state index is 6.06. The Labute approximate surface area is 128 Å². The van der Waals surface area contributed by atoms with E-state index in [2.05, 4.69) is 15.3 Å². The van der Waals surface area contributed by atoms with Crippen LogP contribution in [0.4, 0.5) is 17.5 Å². The third kappa shape index (κ3) is 4.21. The van der Waals surface area contributed by atoms with Crippen LogP contribution in [0.1, 0.15) is 5.56 Å². The van der Waals surface area contributed by atoms with E-state index in [0.29, 0.717) is 29.8 Å². The molecule has 0 aliphatic heterocycles. The maximum Gasteiger partial charge on any atom is 0.222 e. The lowest BCUT2D eigenvalue weighted by Gasteiger charge is -2.14. The molecule has 112 valence electrons. The van der Waals surface area contributed by atoms with Gasteiger partial charge in [-0.25, -0.2) is 4.98 Å². The third-order valence-corrected chi connectivity index (χ3v) is 2.97. The number of nitrogens with one attached hydrogen (secondary N) is 1. The molecule has 0 saturated heterocycles. The number of hydrogen-bond acceptors (Lipinski definition) is 6. The van der Waals surface area contributed by atoms with Gasteiger partial charge in [0.05, 0.1) is 18.5 Å². The van der Waals surface area contributed by atoms with Crippen LogP contribution in [0.5, 0.6) is 5.75 Å². The quantitative estimate of drug-likeness (QED) is 0.799. The van der Waals surface area contributed by atoms with Gasteiger partial charge in [0.25, 0.3) is 0 Å². The average Bonchev–Trinajstić information content (AvgIpc) is 2.45. The first-order valence-electron chi connectivity index (χ1n) is 6.37. The Morgan fingerprint density at radius 3 is 2.90 bits per heavy atom. The molecule has 0 fully saturated rings. The van der Waals surface area contributed by atoms with E-state index in [0.717, 1.165) is 11.3 Å². The van der Waals surface area contributed by atoms with Crippen LogP contribution < -0.4 is 15.8 Å². The largest absolute Gasteiger partial charge is 0.489 e. The number of halogens is 1. The normalized spacial score (nSPS) is 10.4. The van der Waals surface area contributed by atoms with Gasteiger partial charge in [-0.2, -0.15) is 4.98 Å². The number of nitrogen functional groups attached to an aromatic ring is 1. The van der Waals surface area contributed by atoms with Crippen LogP contribution >= 0.6 is 11.6 Å². The molecule has 0 saturated carbocycles. The minimum absolute atomic E-state index is 0.149. The Bertz CT molecular complexity index is 622. The van der Waals surface area contributed by atoms with Crippen LogP contribution in [0.2, 0.25) is 5.02 Å². The second kappa shape index (κ2) is 7.10. The van der Waals surface area contributed by atoms with Crippen LogP contribution in [0.3, 0.4) is 0 Å². The van der Waals surface area contributed by atoms with Crippen molar-refractivity contribution in [2.45, 2.75) is 6.92 Å². The highest BCUT2D eigenvalue weighted by atomic mass is 35.5. The molecule has 0 radical (unpaired) electrons. The van der Waals surface area contributed by atoms with Gasteiger partial charge in [0, 0.05) is 7.11 Å². The van der Waals surface area contributed by atoms with Crippen molar-refractivity contribution in [2.75, 3.05) is 31.4 Å². The van der Waals surface area contributed by atoms with Crippen molar-refractivity contribution in [3.05, 3.63) is 35.0 Å². The molecular formula is C14H17ClN4O2. The van der Waals surface area contributed by atoms with Gasteiger partial charge < -0.3 is 20.5 Å². The van der Waals surface area contributed by atoms with Gasteiger partial charge >= 0.3 is 0 Å². The fraction of sp³-hybridized carbons (Fsp3) is 0.286. The van der Waals surface area contributed by atoms with Crippen molar-refractivity contribution >= 4 is 29.1 Å². The summed E-state index contributed by atoms with van der Waals surface area (Å²) in [5, 5.41) is 3.50. The number of aryl methyl sites for hydroxylation is 1. The summed E-state index contributed by atoms with van der Waals surface area (Å²) in [7, 11) is 1.63. The van der Waals surface area contributed by atoms with Crippen LogP contribution in [0.15, 0.2) is 24.4 Å². The van der Waals surface area contributed by atoms with Crippen LogP contribution in [0.25, 0.3) is 0 Å². The van der Waals surface area contributed by atoms with Crippen molar-refractivity contribution in [1.82, 2.24) is 9.97 Å². The molecule has 0 aliphatic rings. The second-order valence-corrected chi connectivity index (χ2v) is 4.80. The van der Waals surface area contributed by atoms with Crippen molar-refractivity contribution in [1.29, 1.82) is 0 Å². The van der Waals surface area contributed by atoms with Crippen molar-refractivity contribution in [3.8, 4) is 5.75 Å². The number of anilines is 3. The Kier molecular flexibility index (Phi) is 5.19. The van der Waals surface area contributed by atoms with Crippen LogP contribution in [0, 0.1) is 6.92 Å². The molecule has 1 aromatic heterocycles. The molecule has 7 heteroatoms. The minimum Gasteiger partial charge on any atom is -0.489 e. The molecule has 2 aromatic rings. The van der Waals surface area contributed by atoms with E-state index in [4.69, 9.17) is 26.8 Å². The fourth-order valence-corrected chi connectivity index (χ4v) is 1.84. The van der Waals surface area contributed by atoms with Gasteiger partial charge in [-0.15, -0.1) is 0 Å². The monoisotopic (exact) mass is 308 g/mol. The van der Waals surface area contributed by atoms with Crippen LogP contribution in [-0.2, 0) is 4.74 Å². The molecule has 6 nitrogen and oxygen atoms in total. The molecule has 2 rings (SSSR count). The van der Waals surface area contributed by atoms with Gasteiger partial charge in [-0.05, 0) is 24.6 Å². The zero-order valence-corrected chi connectivity index (χ0v) is 12.6. The van der Waals surface area contributed by atoms with E-state index in [1.165, 1.54) is 6.20 Å². The summed E-state index contributed by atoms with van der Waals surface area (Å²) in [6, 6.07) is 5.78. The summed E-state index contributed by atoms with van der Waals surface area (Å²) in [6.45, 7) is 2.95. The lowest BCUT2D eigenvalue weighted by atomic mass is 10.2. The van der Waals surface area contributed by atoms with Gasteiger partial charge in [0.2, 0.25) is 5.95 Å². The Morgan fingerprint density at radius 2 is 2.14 bits per heavy atom. The molecule has 0 spiro atoms. The lowest BCUT2D eigenvalue weighted by Crippen LogP contribution is -2.07. The molecule has 21 heavy (non-hydrogen) atoms. The van der Waals surface area contributed by atoms with E-state index in [-0.39, 0.29) is 5.95 Å². The number of nitrogens with two attached hydrogens (primary N) is 1. The number of benzene rings is 1. The predicted octanol–water partition coefficient (Wildman–Crippen LogP) is 2.79. The SMILES string of the molecule is COCCOc1ccc(C)cc1Nc1nc(N)ncc1Cl. The molecule has 1 heterocycles. The third-order valence-electron chi connectivity index (χ3n) is 2.70. The number of aromatic nitrogens is 2. The first-order chi connectivity index (χ1) is 10.1. The van der Waals surface area contributed by atoms with Gasteiger partial charge in [-0.3, -0.25) is 0 Å². The predicted molar refractivity (Wildman–Crippen MR) is 83.3 cm³/mol. The summed E-state index contributed by atoms with van der Waals surface area (Å²) in [6.07, 6.45) is 1.45. The molecular weight excluding hydrogens is 292 g/mol. The Hall–Kier alpha value is -2.05. The number of methoxy groups -OCH3 is 1. The number of ether oxygens (including phenoxy) is 2. The smallest absolute Gasteiger partial charge is 0.222 e. The standard InChI is InChI=1S/C14H17ClN4O2/c1-9-3-4-12(21-6-5-20-2)11(7-9)18-13-10(15)8-17-14(16)19-13/h3-4,7-8H,5-6H2,1-2H3,(H3,16,17,18,19). The molecule has 0 amide bonds. The van der Waals surface area contributed by atoms with E-state index < -0.39 is 0 Å². The average molecular weight is 309 g/mol.